The van der Waals surface area contributed by atoms with Crippen LogP contribution in [-0.2, 0) is 11.2 Å². The van der Waals surface area contributed by atoms with Gasteiger partial charge >= 0.3 is 0 Å². The Morgan fingerprint density at radius 1 is 0.912 bits per heavy atom. The highest BCUT2D eigenvalue weighted by Crippen LogP contribution is 2.33. The van der Waals surface area contributed by atoms with Crippen LogP contribution < -0.4 is 14.5 Å². The number of carbonyl (C=O) groups is 1. The lowest BCUT2D eigenvalue weighted by Gasteiger charge is -2.30. The number of amidine groups is 1. The normalized spacial score (nSPS) is 15.4. The number of carbonyl (C=O) groups excluding carboxylic acids is 1. The van der Waals surface area contributed by atoms with Crippen LogP contribution in [0.1, 0.15) is 22.5 Å². The molecule has 0 unspecified atom stereocenters. The fraction of sp³-hybridized carbons (Fsp3) is 0.280. The van der Waals surface area contributed by atoms with Crippen molar-refractivity contribution in [1.82, 2.24) is 9.78 Å². The SMILES string of the molecule is [C-]#[N+]c1nn(-c2ccc(OC)cc2)c2c1CCN(c1ccc(N3CCCN=C3OC)cc1)C2=O. The molecule has 3 aromatic rings. The van der Waals surface area contributed by atoms with Crippen LogP contribution in [-0.4, -0.2) is 55.6 Å². The first kappa shape index (κ1) is 21.5. The third-order valence-electron chi connectivity index (χ3n) is 6.09. The molecule has 0 radical (unpaired) electrons. The number of anilines is 2. The number of hydrogen-bond donors (Lipinski definition) is 0. The Morgan fingerprint density at radius 2 is 1.59 bits per heavy atom. The lowest BCUT2D eigenvalue weighted by Crippen LogP contribution is -2.39. The Morgan fingerprint density at radius 3 is 2.24 bits per heavy atom. The summed E-state index contributed by atoms with van der Waals surface area (Å²) in [7, 11) is 3.22. The van der Waals surface area contributed by atoms with Crippen LogP contribution in [0.5, 0.6) is 5.75 Å². The lowest BCUT2D eigenvalue weighted by molar-refractivity contribution is 0.0973. The second-order valence-corrected chi connectivity index (χ2v) is 7.97. The van der Waals surface area contributed by atoms with Crippen LogP contribution in [0.3, 0.4) is 0 Å². The van der Waals surface area contributed by atoms with E-state index in [1.807, 2.05) is 53.4 Å². The highest BCUT2D eigenvalue weighted by molar-refractivity contribution is 6.08. The summed E-state index contributed by atoms with van der Waals surface area (Å²) in [4.78, 5) is 25.4. The number of amides is 1. The summed E-state index contributed by atoms with van der Waals surface area (Å²) in [5.74, 6) is 0.800. The first-order valence-corrected chi connectivity index (χ1v) is 11.1. The monoisotopic (exact) mass is 456 g/mol. The van der Waals surface area contributed by atoms with Crippen molar-refractivity contribution in [1.29, 1.82) is 0 Å². The van der Waals surface area contributed by atoms with Crippen LogP contribution in [0.25, 0.3) is 10.5 Å². The summed E-state index contributed by atoms with van der Waals surface area (Å²) in [5.41, 5.74) is 3.58. The Bertz CT molecular complexity index is 1290. The molecule has 0 fully saturated rings. The molecule has 1 aromatic heterocycles. The maximum Gasteiger partial charge on any atom is 0.300 e. The first-order valence-electron chi connectivity index (χ1n) is 11.1. The standard InChI is InChI=1S/C25H24N6O3/c1-26-23-21-13-16-29(17-5-7-18(8-6-17)30-15-4-14-27-25(30)34-3)24(32)22(21)31(28-23)19-9-11-20(33-2)12-10-19/h5-12H,4,13-16H2,2-3H3. The predicted molar refractivity (Wildman–Crippen MR) is 129 cm³/mol. The molecule has 1 amide bonds. The van der Waals surface area contributed by atoms with E-state index in [1.54, 1.807) is 23.8 Å². The van der Waals surface area contributed by atoms with Gasteiger partial charge < -0.3 is 19.2 Å². The minimum Gasteiger partial charge on any atom is -0.497 e. The summed E-state index contributed by atoms with van der Waals surface area (Å²) in [6.45, 7) is 9.61. The Hall–Kier alpha value is -4.32. The largest absolute Gasteiger partial charge is 0.497 e. The summed E-state index contributed by atoms with van der Waals surface area (Å²) in [5, 5.41) is 4.45. The second kappa shape index (κ2) is 8.90. The molecule has 0 saturated heterocycles. The summed E-state index contributed by atoms with van der Waals surface area (Å²) in [6.07, 6.45) is 1.52. The zero-order chi connectivity index (χ0) is 23.7. The molecule has 0 aliphatic carbocycles. The van der Waals surface area contributed by atoms with Crippen molar-refractivity contribution in [3.8, 4) is 11.4 Å². The van der Waals surface area contributed by atoms with Gasteiger partial charge in [0.05, 0.1) is 19.9 Å². The molecule has 9 nitrogen and oxygen atoms in total. The van der Waals surface area contributed by atoms with Crippen molar-refractivity contribution in [2.45, 2.75) is 12.8 Å². The minimum absolute atomic E-state index is 0.177. The third-order valence-corrected chi connectivity index (χ3v) is 6.09. The Labute approximate surface area is 197 Å². The van der Waals surface area contributed by atoms with Gasteiger partial charge in [0.2, 0.25) is 0 Å². The van der Waals surface area contributed by atoms with Gasteiger partial charge in [-0.15, -0.1) is 0 Å². The van der Waals surface area contributed by atoms with Gasteiger partial charge in [-0.3, -0.25) is 9.69 Å². The number of ether oxygens (including phenoxy) is 2. The zero-order valence-electron chi connectivity index (χ0n) is 19.1. The van der Waals surface area contributed by atoms with E-state index in [4.69, 9.17) is 16.0 Å². The molecule has 34 heavy (non-hydrogen) atoms. The van der Waals surface area contributed by atoms with Gasteiger partial charge in [0.25, 0.3) is 17.7 Å². The fourth-order valence-electron chi connectivity index (χ4n) is 4.40. The van der Waals surface area contributed by atoms with E-state index in [2.05, 4.69) is 14.9 Å². The number of fused-ring (bicyclic) bond motifs is 1. The topological polar surface area (TPSA) is 76.6 Å². The van der Waals surface area contributed by atoms with Crippen molar-refractivity contribution >= 4 is 29.1 Å². The van der Waals surface area contributed by atoms with Gasteiger partial charge in [0, 0.05) is 36.6 Å². The number of benzene rings is 2. The van der Waals surface area contributed by atoms with Gasteiger partial charge in [-0.1, -0.05) is 6.57 Å². The minimum atomic E-state index is -0.177. The van der Waals surface area contributed by atoms with Crippen molar-refractivity contribution < 1.29 is 14.3 Å². The van der Waals surface area contributed by atoms with Gasteiger partial charge in [-0.05, 0) is 66.5 Å². The van der Waals surface area contributed by atoms with Crippen LogP contribution in [0.2, 0.25) is 0 Å². The average Bonchev–Trinajstić information content (AvgIpc) is 3.29. The molecular weight excluding hydrogens is 432 g/mol. The molecule has 0 atom stereocenters. The van der Waals surface area contributed by atoms with E-state index in [0.29, 0.717) is 41.7 Å². The highest BCUT2D eigenvalue weighted by atomic mass is 16.5. The molecule has 0 spiro atoms. The van der Waals surface area contributed by atoms with E-state index in [0.717, 1.165) is 30.9 Å². The van der Waals surface area contributed by atoms with Crippen molar-refractivity contribution in [3.05, 3.63) is 71.2 Å². The van der Waals surface area contributed by atoms with E-state index >= 15 is 0 Å². The molecule has 9 heteroatoms. The summed E-state index contributed by atoms with van der Waals surface area (Å²) in [6, 6.07) is 15.7. The van der Waals surface area contributed by atoms with Gasteiger partial charge in [-0.25, -0.2) is 4.99 Å². The number of aliphatic imine (C=N–C) groups is 1. The fourth-order valence-corrected chi connectivity index (χ4v) is 4.40. The number of hydrogen-bond acceptors (Lipinski definition) is 6. The van der Waals surface area contributed by atoms with Crippen molar-refractivity contribution in [3.63, 3.8) is 0 Å². The zero-order valence-corrected chi connectivity index (χ0v) is 19.1. The molecule has 3 heterocycles. The number of aromatic nitrogens is 2. The molecule has 2 aromatic carbocycles. The van der Waals surface area contributed by atoms with E-state index < -0.39 is 0 Å². The molecule has 0 N–H and O–H groups in total. The van der Waals surface area contributed by atoms with Crippen LogP contribution in [0.4, 0.5) is 17.2 Å². The molecule has 172 valence electrons. The molecule has 2 aliphatic rings. The number of methoxy groups -OCH3 is 2. The van der Waals surface area contributed by atoms with Gasteiger partial charge in [0.1, 0.15) is 11.4 Å². The smallest absolute Gasteiger partial charge is 0.300 e. The van der Waals surface area contributed by atoms with E-state index in [-0.39, 0.29) is 11.7 Å². The quantitative estimate of drug-likeness (QED) is 0.558. The molecular formula is C25H24N6O3. The number of rotatable bonds is 4. The van der Waals surface area contributed by atoms with Gasteiger partial charge in [-0.2, -0.15) is 4.68 Å². The van der Waals surface area contributed by atoms with Crippen LogP contribution in [0, 0.1) is 6.57 Å². The predicted octanol–water partition coefficient (Wildman–Crippen LogP) is 3.85. The molecule has 5 rings (SSSR count). The highest BCUT2D eigenvalue weighted by Gasteiger charge is 2.34. The van der Waals surface area contributed by atoms with E-state index in [9.17, 15) is 4.79 Å². The number of nitrogens with zero attached hydrogens (tertiary/aromatic N) is 6. The maximum atomic E-state index is 13.6. The molecule has 0 bridgehead atoms. The van der Waals surface area contributed by atoms with Crippen molar-refractivity contribution in [2.75, 3.05) is 43.7 Å². The Balaban J connectivity index is 1.47. The van der Waals surface area contributed by atoms with Crippen LogP contribution in [0.15, 0.2) is 53.5 Å². The molecule has 2 aliphatic heterocycles. The van der Waals surface area contributed by atoms with Crippen molar-refractivity contribution in [2.24, 2.45) is 4.99 Å². The first-order chi connectivity index (χ1) is 16.6. The summed E-state index contributed by atoms with van der Waals surface area (Å²) < 4.78 is 12.2. The Kier molecular flexibility index (Phi) is 5.64. The van der Waals surface area contributed by atoms with E-state index in [1.165, 1.54) is 0 Å². The molecule has 0 saturated carbocycles. The van der Waals surface area contributed by atoms with Gasteiger partial charge in [0.15, 0.2) is 0 Å². The average molecular weight is 457 g/mol. The second-order valence-electron chi connectivity index (χ2n) is 7.97. The third kappa shape index (κ3) is 3.63. The maximum absolute atomic E-state index is 13.6. The summed E-state index contributed by atoms with van der Waals surface area (Å²) >= 11 is 0. The lowest BCUT2D eigenvalue weighted by atomic mass is 10.0. The van der Waals surface area contributed by atoms with Crippen LogP contribution >= 0.6 is 0 Å².